The molecule has 0 aromatic carbocycles. The van der Waals surface area contributed by atoms with E-state index in [0.717, 1.165) is 25.0 Å². The highest BCUT2D eigenvalue weighted by molar-refractivity contribution is 6.43. The summed E-state index contributed by atoms with van der Waals surface area (Å²) in [6.07, 6.45) is 12.4. The minimum absolute atomic E-state index is 0.0124. The smallest absolute Gasteiger partial charge is 0.516 e. The molecule has 1 unspecified atom stereocenters. The van der Waals surface area contributed by atoms with E-state index in [1.165, 1.54) is 0 Å². The summed E-state index contributed by atoms with van der Waals surface area (Å²) in [4.78, 5) is 1.88. The van der Waals surface area contributed by atoms with Gasteiger partial charge in [-0.1, -0.05) is 0 Å². The van der Waals surface area contributed by atoms with Crippen molar-refractivity contribution < 1.29 is 23.3 Å². The summed E-state index contributed by atoms with van der Waals surface area (Å²) in [6.45, 7) is 16.1. The second kappa shape index (κ2) is 7.91. The number of allylic oxidation sites excluding steroid dienone is 4. The molecule has 9 heteroatoms. The van der Waals surface area contributed by atoms with Crippen molar-refractivity contribution >= 4 is 14.6 Å². The zero-order chi connectivity index (χ0) is 24.3. The molecular weight excluding hydrogens is 418 g/mol. The second-order valence-electron chi connectivity index (χ2n) is 11.5. The molecule has 1 aliphatic carbocycles. The predicted octanol–water partition coefficient (Wildman–Crippen LogP) is 4.72. The molecule has 0 saturated carbocycles. The Kier molecular flexibility index (Phi) is 5.85. The number of rotatable bonds is 4. The van der Waals surface area contributed by atoms with Gasteiger partial charge < -0.3 is 28.1 Å². The van der Waals surface area contributed by atoms with Crippen LogP contribution >= 0.6 is 0 Å². The summed E-state index contributed by atoms with van der Waals surface area (Å²) < 4.78 is 30.3. The van der Waals surface area contributed by atoms with Gasteiger partial charge in [0.05, 0.1) is 34.2 Å². The Labute approximate surface area is 199 Å². The lowest BCUT2D eigenvalue weighted by molar-refractivity contribution is 0.00578. The van der Waals surface area contributed by atoms with Crippen LogP contribution < -0.4 is 0 Å². The molecule has 0 bridgehead atoms. The van der Waals surface area contributed by atoms with Gasteiger partial charge in [0.2, 0.25) is 0 Å². The largest absolute Gasteiger partial charge is 0.713 e. The van der Waals surface area contributed by atoms with E-state index in [0.29, 0.717) is 0 Å². The van der Waals surface area contributed by atoms with Crippen molar-refractivity contribution in [2.75, 3.05) is 0 Å². The first-order valence-electron chi connectivity index (χ1n) is 11.9. The molecule has 0 spiro atoms. The van der Waals surface area contributed by atoms with Gasteiger partial charge in [0.15, 0.2) is 0 Å². The van der Waals surface area contributed by atoms with Crippen LogP contribution in [0.5, 0.6) is 0 Å². The molecule has 0 amide bonds. The van der Waals surface area contributed by atoms with Gasteiger partial charge in [0.25, 0.3) is 0 Å². The van der Waals surface area contributed by atoms with E-state index >= 15 is 0 Å². The standard InChI is InChI=1S/C24H36B2N2O5/c1-20(2)21(3,4)31-25(30-20)28-14-12-24(17-27,13-15-28)18-10-9-11-19(16-18)29-26-32-22(5,6)23(7,8)33-26/h12-16,18H,9-11H2,1-8H3. The van der Waals surface area contributed by atoms with Crippen LogP contribution in [-0.2, 0) is 23.3 Å². The Morgan fingerprint density at radius 3 is 1.94 bits per heavy atom. The van der Waals surface area contributed by atoms with E-state index in [1.54, 1.807) is 0 Å². The summed E-state index contributed by atoms with van der Waals surface area (Å²) in [6, 6.07) is 2.53. The van der Waals surface area contributed by atoms with Crippen LogP contribution in [0.3, 0.4) is 0 Å². The Hall–Kier alpha value is -1.72. The zero-order valence-corrected chi connectivity index (χ0v) is 21.2. The Bertz CT molecular complexity index is 872. The Morgan fingerprint density at radius 2 is 1.42 bits per heavy atom. The van der Waals surface area contributed by atoms with Gasteiger partial charge in [-0.05, 0) is 98.9 Å². The van der Waals surface area contributed by atoms with Gasteiger partial charge in [-0.25, -0.2) is 0 Å². The molecule has 0 N–H and O–H groups in total. The summed E-state index contributed by atoms with van der Waals surface area (Å²) in [5.41, 5.74) is -2.51. The molecule has 0 aromatic rings. The molecule has 2 saturated heterocycles. The average Bonchev–Trinajstić information content (AvgIpc) is 3.07. The molecule has 1 atom stereocenters. The number of hydrogen-bond acceptors (Lipinski definition) is 7. The van der Waals surface area contributed by atoms with Crippen molar-refractivity contribution in [3.63, 3.8) is 0 Å². The van der Waals surface area contributed by atoms with Gasteiger partial charge in [0, 0.05) is 12.3 Å². The molecule has 2 fully saturated rings. The molecule has 7 nitrogen and oxygen atoms in total. The quantitative estimate of drug-likeness (QED) is 0.570. The third-order valence-electron chi connectivity index (χ3n) is 8.14. The van der Waals surface area contributed by atoms with Crippen LogP contribution in [-0.4, -0.2) is 41.8 Å². The van der Waals surface area contributed by atoms with Crippen LogP contribution in [0.4, 0.5) is 0 Å². The van der Waals surface area contributed by atoms with Crippen LogP contribution in [0.25, 0.3) is 0 Å². The Balaban J connectivity index is 1.46. The molecule has 3 aliphatic heterocycles. The first kappa shape index (κ1) is 24.4. The summed E-state index contributed by atoms with van der Waals surface area (Å²) in [5, 5.41) is 10.2. The fraction of sp³-hybridized carbons (Fsp3) is 0.708. The van der Waals surface area contributed by atoms with Crippen molar-refractivity contribution in [3.05, 3.63) is 36.4 Å². The van der Waals surface area contributed by atoms with Crippen molar-refractivity contribution in [3.8, 4) is 6.07 Å². The maximum Gasteiger partial charge on any atom is 0.713 e. The maximum atomic E-state index is 10.2. The minimum Gasteiger partial charge on any atom is -0.516 e. The van der Waals surface area contributed by atoms with Gasteiger partial charge in [-0.2, -0.15) is 5.26 Å². The fourth-order valence-corrected chi connectivity index (χ4v) is 4.33. The van der Waals surface area contributed by atoms with E-state index < -0.39 is 42.4 Å². The van der Waals surface area contributed by atoms with E-state index in [1.807, 2.05) is 84.8 Å². The number of nitrogens with zero attached hydrogens (tertiary/aromatic N) is 2. The van der Waals surface area contributed by atoms with Crippen molar-refractivity contribution in [1.29, 1.82) is 5.26 Å². The van der Waals surface area contributed by atoms with Crippen molar-refractivity contribution in [2.45, 2.75) is 97.1 Å². The molecule has 4 aliphatic rings. The van der Waals surface area contributed by atoms with Gasteiger partial charge in [-0.3, -0.25) is 0 Å². The molecule has 4 rings (SSSR count). The first-order valence-corrected chi connectivity index (χ1v) is 11.9. The SMILES string of the molecule is CC1(C)OB(OC2=CC(C3(C#N)C=CN(B4OC(C)(C)C(C)(C)O4)C=C3)CCC2)OC1(C)C. The topological polar surface area (TPSA) is 73.2 Å². The molecule has 3 heterocycles. The molecular formula is C24H36B2N2O5. The highest BCUT2D eigenvalue weighted by atomic mass is 16.8. The van der Waals surface area contributed by atoms with E-state index in [4.69, 9.17) is 23.3 Å². The monoisotopic (exact) mass is 454 g/mol. The normalized spacial score (nSPS) is 30.8. The Morgan fingerprint density at radius 1 is 0.909 bits per heavy atom. The maximum absolute atomic E-state index is 10.2. The van der Waals surface area contributed by atoms with E-state index in [9.17, 15) is 5.26 Å². The lowest BCUT2D eigenvalue weighted by Crippen LogP contribution is -2.41. The lowest BCUT2D eigenvalue weighted by Gasteiger charge is -2.35. The molecule has 0 aromatic heterocycles. The molecule has 33 heavy (non-hydrogen) atoms. The third-order valence-corrected chi connectivity index (χ3v) is 8.14. The number of nitriles is 1. The van der Waals surface area contributed by atoms with Crippen LogP contribution in [0.1, 0.15) is 74.7 Å². The average molecular weight is 454 g/mol. The van der Waals surface area contributed by atoms with Crippen molar-refractivity contribution in [2.24, 2.45) is 11.3 Å². The minimum atomic E-state index is -0.759. The third kappa shape index (κ3) is 4.27. The van der Waals surface area contributed by atoms with Crippen LogP contribution in [0, 0.1) is 22.7 Å². The summed E-state index contributed by atoms with van der Waals surface area (Å²) in [7, 11) is -1.27. The van der Waals surface area contributed by atoms with Crippen LogP contribution in [0.15, 0.2) is 36.4 Å². The fourth-order valence-electron chi connectivity index (χ4n) is 4.33. The number of hydrogen-bond donors (Lipinski definition) is 0. The highest BCUT2D eigenvalue weighted by Gasteiger charge is 2.55. The van der Waals surface area contributed by atoms with Gasteiger partial charge in [-0.15, -0.1) is 0 Å². The lowest BCUT2D eigenvalue weighted by atomic mass is 9.71. The van der Waals surface area contributed by atoms with Crippen LogP contribution in [0.2, 0.25) is 0 Å². The molecule has 178 valence electrons. The first-order chi connectivity index (χ1) is 15.2. The highest BCUT2D eigenvalue weighted by Crippen LogP contribution is 2.44. The van der Waals surface area contributed by atoms with E-state index in [2.05, 4.69) is 12.1 Å². The van der Waals surface area contributed by atoms with Gasteiger partial charge >= 0.3 is 14.6 Å². The van der Waals surface area contributed by atoms with E-state index in [-0.39, 0.29) is 5.92 Å². The summed E-state index contributed by atoms with van der Waals surface area (Å²) >= 11 is 0. The molecule has 0 radical (unpaired) electrons. The van der Waals surface area contributed by atoms with Gasteiger partial charge in [0.1, 0.15) is 5.41 Å². The summed E-state index contributed by atoms with van der Waals surface area (Å²) in [5.74, 6) is 0.802. The second-order valence-corrected chi connectivity index (χ2v) is 11.5. The zero-order valence-electron chi connectivity index (χ0n) is 21.2. The van der Waals surface area contributed by atoms with Crippen molar-refractivity contribution in [1.82, 2.24) is 4.81 Å². The predicted molar refractivity (Wildman–Crippen MR) is 127 cm³/mol.